The number of rotatable bonds is 18. The summed E-state index contributed by atoms with van der Waals surface area (Å²) >= 11 is 0. The van der Waals surface area contributed by atoms with Gasteiger partial charge in [-0.05, 0) is 67.7 Å². The zero-order chi connectivity index (χ0) is 56.9. The normalized spacial score (nSPS) is 23.0. The lowest BCUT2D eigenvalue weighted by Gasteiger charge is -2.37. The average molecular weight is 1120 g/mol. The van der Waals surface area contributed by atoms with Crippen LogP contribution in [0.4, 0.5) is 0 Å². The highest BCUT2D eigenvalue weighted by Crippen LogP contribution is 2.48. The van der Waals surface area contributed by atoms with Crippen molar-refractivity contribution in [3.05, 3.63) is 65.7 Å². The van der Waals surface area contributed by atoms with Crippen LogP contribution < -0.4 is 64.9 Å². The molecule has 0 radical (unpaired) electrons. The smallest absolute Gasteiger partial charge is 0.246 e. The molecule has 1 aliphatic carbocycles. The van der Waals surface area contributed by atoms with Crippen LogP contribution in [0.1, 0.15) is 95.6 Å². The number of carbonyl (C=O) groups is 10. The van der Waals surface area contributed by atoms with Gasteiger partial charge >= 0.3 is 0 Å². The number of primary amides is 2. The lowest BCUT2D eigenvalue weighted by atomic mass is 9.85. The quantitative estimate of drug-likeness (QED) is 0.0371. The summed E-state index contributed by atoms with van der Waals surface area (Å²) in [5, 5.41) is 19.0. The monoisotopic (exact) mass is 1120 g/mol. The molecule has 0 bridgehead atoms. The van der Waals surface area contributed by atoms with E-state index in [4.69, 9.17) is 27.7 Å². The number of carbonyl (C=O) groups excluding carboxylic acids is 10. The maximum absolute atomic E-state index is 14.9. The van der Waals surface area contributed by atoms with Gasteiger partial charge in [0.1, 0.15) is 48.0 Å². The minimum atomic E-state index is -1.66. The zero-order valence-corrected chi connectivity index (χ0v) is 46.0. The Hall–Kier alpha value is -7.09. The van der Waals surface area contributed by atoms with E-state index in [1.165, 1.54) is 33.6 Å². The van der Waals surface area contributed by atoms with Crippen LogP contribution in [0, 0.1) is 5.92 Å². The summed E-state index contributed by atoms with van der Waals surface area (Å²) < 4.78 is 4.63. The highest BCUT2D eigenvalue weighted by Gasteiger charge is 2.42. The number of nitrogens with two attached hydrogens (primary N) is 4. The molecular weight excluding hydrogens is 1050 g/mol. The minimum Gasteiger partial charge on any atom is -0.497 e. The number of nitrogens with zero attached hydrogens (tertiary/aromatic N) is 2. The largest absolute Gasteiger partial charge is 0.497 e. The molecule has 10 amide bonds. The van der Waals surface area contributed by atoms with Gasteiger partial charge in [0.25, 0.3) is 0 Å². The number of methoxy groups -OCH3 is 1. The summed E-state index contributed by atoms with van der Waals surface area (Å²) in [4.78, 5) is 144. The standard InChI is InChI=1S/C52H75N13O11S2/c1-30(2)43-49(74)62-37(26-40(53)66)46(71)63-38(50(75)65-23-11-15-39(65)48(73)60-34(14-10-22-57-51(55)56)44(69)58-28-41(54)67)29-77-78-52(20-8-5-9-21-52)27-42(68)59-35(25-32-16-18-33(76-3)19-17-32)45(70)61-36(47(72)64-43)24-31-12-6-4-7-13-31/h4,6-7,12-13,16-19,30,34-39,43H,5,8-11,14-15,20-29H2,1-3H3,(H2,53,66)(H2,54,67)(H,58,69)(H,59,68)(H,60,73)(H,61,70)(H,62,74)(H,63,71)(H,64,72)(H4,55,56,57)/t34-,35-,36+,37+,38+,39-,43-/m0/s1. The molecule has 2 heterocycles. The Morgan fingerprint density at radius 1 is 0.769 bits per heavy atom. The zero-order valence-electron chi connectivity index (χ0n) is 44.3. The van der Waals surface area contributed by atoms with Gasteiger partial charge in [-0.15, -0.1) is 0 Å². The molecule has 2 aromatic rings. The van der Waals surface area contributed by atoms with E-state index < -0.39 is 125 Å². The summed E-state index contributed by atoms with van der Waals surface area (Å²) in [6.45, 7) is 2.98. The predicted molar refractivity (Wildman–Crippen MR) is 294 cm³/mol. The minimum absolute atomic E-state index is 0.0136. The Labute approximate surface area is 461 Å². The molecular formula is C52H75N13O11S2. The third-order valence-electron chi connectivity index (χ3n) is 13.6. The molecule has 78 heavy (non-hydrogen) atoms. The van der Waals surface area contributed by atoms with Gasteiger partial charge in [0.15, 0.2) is 5.96 Å². The lowest BCUT2D eigenvalue weighted by Crippen LogP contribution is -2.61. The third kappa shape index (κ3) is 19.1. The fraction of sp³-hybridized carbons (Fsp3) is 0.558. The summed E-state index contributed by atoms with van der Waals surface area (Å²) in [6.07, 6.45) is 3.75. The van der Waals surface area contributed by atoms with Crippen molar-refractivity contribution in [2.75, 3.05) is 32.5 Å². The molecule has 2 aromatic carbocycles. The van der Waals surface area contributed by atoms with E-state index >= 15 is 0 Å². The molecule has 3 aliphatic rings. The first-order valence-corrected chi connectivity index (χ1v) is 28.5. The molecule has 3 fully saturated rings. The maximum atomic E-state index is 14.9. The molecule has 1 spiro atoms. The van der Waals surface area contributed by atoms with Crippen LogP contribution in [0.2, 0.25) is 0 Å². The van der Waals surface area contributed by atoms with Crippen LogP contribution >= 0.6 is 21.6 Å². The fourth-order valence-electron chi connectivity index (χ4n) is 9.54. The topological polar surface area (TPSA) is 384 Å². The van der Waals surface area contributed by atoms with Gasteiger partial charge in [0, 0.05) is 42.9 Å². The predicted octanol–water partition coefficient (Wildman–Crippen LogP) is -0.945. The molecule has 426 valence electrons. The Bertz CT molecular complexity index is 2480. The van der Waals surface area contributed by atoms with E-state index in [1.807, 2.05) is 0 Å². The van der Waals surface area contributed by atoms with Gasteiger partial charge in [-0.1, -0.05) is 97.2 Å². The van der Waals surface area contributed by atoms with Crippen molar-refractivity contribution in [3.8, 4) is 5.75 Å². The van der Waals surface area contributed by atoms with Crippen molar-refractivity contribution >= 4 is 86.6 Å². The number of hydrogen-bond donors (Lipinski definition) is 11. The number of amides is 10. The Morgan fingerprint density at radius 2 is 1.40 bits per heavy atom. The number of ether oxygens (including phenoxy) is 1. The van der Waals surface area contributed by atoms with Crippen LogP contribution in [-0.4, -0.2) is 149 Å². The van der Waals surface area contributed by atoms with Gasteiger partial charge in [-0.25, -0.2) is 0 Å². The maximum Gasteiger partial charge on any atom is 0.246 e. The van der Waals surface area contributed by atoms with E-state index in [0.29, 0.717) is 36.1 Å². The van der Waals surface area contributed by atoms with E-state index in [0.717, 1.165) is 19.3 Å². The highest BCUT2D eigenvalue weighted by atomic mass is 33.1. The second kappa shape index (κ2) is 30.2. The van der Waals surface area contributed by atoms with Crippen molar-refractivity contribution in [1.82, 2.24) is 42.1 Å². The molecule has 1 saturated carbocycles. The third-order valence-corrected chi connectivity index (χ3v) is 17.0. The first-order chi connectivity index (χ1) is 37.2. The van der Waals surface area contributed by atoms with Crippen LogP contribution in [-0.2, 0) is 60.8 Å². The van der Waals surface area contributed by atoms with Crippen molar-refractivity contribution in [3.63, 3.8) is 0 Å². The van der Waals surface area contributed by atoms with E-state index in [1.54, 1.807) is 68.4 Å². The Morgan fingerprint density at radius 3 is 2.03 bits per heavy atom. The number of aliphatic imine (C=N–C) groups is 1. The van der Waals surface area contributed by atoms with Crippen molar-refractivity contribution in [2.24, 2.45) is 33.8 Å². The molecule has 26 heteroatoms. The fourth-order valence-corrected chi connectivity index (χ4v) is 12.9. The highest BCUT2D eigenvalue weighted by molar-refractivity contribution is 8.77. The number of nitrogens with one attached hydrogen (secondary N) is 7. The Balaban J connectivity index is 1.52. The van der Waals surface area contributed by atoms with Crippen molar-refractivity contribution < 1.29 is 52.7 Å². The van der Waals surface area contributed by atoms with E-state index in [-0.39, 0.29) is 63.3 Å². The molecule has 2 saturated heterocycles. The van der Waals surface area contributed by atoms with Gasteiger partial charge in [-0.2, -0.15) is 0 Å². The molecule has 5 rings (SSSR count). The summed E-state index contributed by atoms with van der Waals surface area (Å²) in [5.41, 5.74) is 23.2. The molecule has 24 nitrogen and oxygen atoms in total. The average Bonchev–Trinajstić information content (AvgIpc) is 3.90. The van der Waals surface area contributed by atoms with Crippen molar-refractivity contribution in [2.45, 2.75) is 144 Å². The van der Waals surface area contributed by atoms with Gasteiger partial charge in [0.05, 0.1) is 20.1 Å². The number of guanidine groups is 1. The van der Waals surface area contributed by atoms with Crippen LogP contribution in [0.3, 0.4) is 0 Å². The van der Waals surface area contributed by atoms with Crippen LogP contribution in [0.5, 0.6) is 5.75 Å². The SMILES string of the molecule is COc1ccc(C[C@@H]2NC(=O)CC3(CCCCC3)SSC[C@H](C(=O)N3CCC[C@H]3C(=O)N[C@@H](CCCN=C(N)N)C(=O)NCC(N)=O)NC(=O)[C@@H](CC(N)=O)NC(=O)[C@H](C(C)C)NC(=O)[C@@H](Cc3ccccc3)NC2=O)cc1. The molecule has 0 unspecified atom stereocenters. The first kappa shape index (κ1) is 61.8. The molecule has 7 atom stereocenters. The first-order valence-electron chi connectivity index (χ1n) is 26.2. The van der Waals surface area contributed by atoms with Crippen LogP contribution in [0.15, 0.2) is 59.6 Å². The van der Waals surface area contributed by atoms with E-state index in [2.05, 4.69) is 42.2 Å². The number of likely N-dealkylation sites (tertiary alicyclic amines) is 1. The molecule has 15 N–H and O–H groups in total. The number of benzene rings is 2. The second-order valence-corrected chi connectivity index (χ2v) is 22.9. The number of hydrogen-bond acceptors (Lipinski definition) is 14. The Kier molecular flexibility index (Phi) is 23.9. The lowest BCUT2D eigenvalue weighted by molar-refractivity contribution is -0.142. The molecule has 0 aromatic heterocycles. The summed E-state index contributed by atoms with van der Waals surface area (Å²) in [6, 6.07) is 6.71. The summed E-state index contributed by atoms with van der Waals surface area (Å²) in [5.74, 6) is -7.93. The van der Waals surface area contributed by atoms with Crippen molar-refractivity contribution in [1.29, 1.82) is 0 Å². The second-order valence-electron chi connectivity index (χ2n) is 20.1. The van der Waals surface area contributed by atoms with E-state index in [9.17, 15) is 47.9 Å². The molecule has 2 aliphatic heterocycles. The van der Waals surface area contributed by atoms with Gasteiger partial charge in [-0.3, -0.25) is 52.9 Å². The van der Waals surface area contributed by atoms with Crippen LogP contribution in [0.25, 0.3) is 0 Å². The summed E-state index contributed by atoms with van der Waals surface area (Å²) in [7, 11) is 4.11. The van der Waals surface area contributed by atoms with Gasteiger partial charge in [0.2, 0.25) is 59.1 Å². The van der Waals surface area contributed by atoms with Gasteiger partial charge < -0.3 is 69.8 Å².